The average Bonchev–Trinajstić information content (AvgIpc) is 2.79. The maximum absolute atomic E-state index is 11.9. The number of benzene rings is 1. The number of esters is 1. The molecule has 0 aliphatic carbocycles. The van der Waals surface area contributed by atoms with Gasteiger partial charge in [0.25, 0.3) is 0 Å². The lowest BCUT2D eigenvalue weighted by Gasteiger charge is -2.09. The van der Waals surface area contributed by atoms with E-state index in [1.807, 2.05) is 12.3 Å². The Kier molecular flexibility index (Phi) is 4.61. The summed E-state index contributed by atoms with van der Waals surface area (Å²) in [6.45, 7) is 6.46. The Labute approximate surface area is 124 Å². The van der Waals surface area contributed by atoms with Crippen LogP contribution >= 0.6 is 11.3 Å². The monoisotopic (exact) mass is 288 g/mol. The SMILES string of the molecule is COC(=O)c1scc(C)c1-c1cccc(CC(C)C)c1. The van der Waals surface area contributed by atoms with Gasteiger partial charge in [0.1, 0.15) is 4.88 Å². The Hall–Kier alpha value is -1.61. The second-order valence-corrected chi connectivity index (χ2v) is 6.29. The number of carbonyl (C=O) groups is 1. The third-order valence-electron chi connectivity index (χ3n) is 3.21. The number of hydrogen-bond donors (Lipinski definition) is 0. The summed E-state index contributed by atoms with van der Waals surface area (Å²) in [4.78, 5) is 12.6. The molecule has 0 saturated carbocycles. The van der Waals surface area contributed by atoms with Crippen LogP contribution in [0.5, 0.6) is 0 Å². The summed E-state index contributed by atoms with van der Waals surface area (Å²) < 4.78 is 4.88. The summed E-state index contributed by atoms with van der Waals surface area (Å²) in [5.41, 5.74) is 4.53. The Bertz CT molecular complexity index is 611. The van der Waals surface area contributed by atoms with Gasteiger partial charge in [-0.1, -0.05) is 38.1 Å². The predicted molar refractivity (Wildman–Crippen MR) is 84.4 cm³/mol. The zero-order chi connectivity index (χ0) is 14.7. The van der Waals surface area contributed by atoms with Crippen molar-refractivity contribution >= 4 is 17.3 Å². The van der Waals surface area contributed by atoms with Gasteiger partial charge in [0.05, 0.1) is 7.11 Å². The first-order chi connectivity index (χ1) is 9.52. The Morgan fingerprint density at radius 1 is 1.35 bits per heavy atom. The van der Waals surface area contributed by atoms with Crippen molar-refractivity contribution in [3.63, 3.8) is 0 Å². The topological polar surface area (TPSA) is 26.3 Å². The number of thiophene rings is 1. The lowest BCUT2D eigenvalue weighted by Crippen LogP contribution is -2.01. The van der Waals surface area contributed by atoms with Crippen molar-refractivity contribution in [2.45, 2.75) is 27.2 Å². The van der Waals surface area contributed by atoms with E-state index in [2.05, 4.69) is 38.1 Å². The highest BCUT2D eigenvalue weighted by Gasteiger charge is 2.18. The summed E-state index contributed by atoms with van der Waals surface area (Å²) in [6.07, 6.45) is 1.05. The highest BCUT2D eigenvalue weighted by molar-refractivity contribution is 7.12. The van der Waals surface area contributed by atoms with Crippen molar-refractivity contribution in [2.75, 3.05) is 7.11 Å². The van der Waals surface area contributed by atoms with E-state index >= 15 is 0 Å². The molecule has 20 heavy (non-hydrogen) atoms. The summed E-state index contributed by atoms with van der Waals surface area (Å²) in [6, 6.07) is 8.45. The molecule has 2 nitrogen and oxygen atoms in total. The van der Waals surface area contributed by atoms with Crippen LogP contribution in [0.25, 0.3) is 11.1 Å². The fourth-order valence-corrected chi connectivity index (χ4v) is 3.36. The maximum atomic E-state index is 11.9. The molecule has 1 heterocycles. The molecular weight excluding hydrogens is 268 g/mol. The third-order valence-corrected chi connectivity index (χ3v) is 4.28. The molecule has 2 rings (SSSR count). The molecule has 3 heteroatoms. The number of methoxy groups -OCH3 is 1. The number of aryl methyl sites for hydroxylation is 1. The van der Waals surface area contributed by atoms with Crippen LogP contribution in [-0.2, 0) is 11.2 Å². The summed E-state index contributed by atoms with van der Waals surface area (Å²) in [5.74, 6) is 0.362. The molecule has 0 aliphatic heterocycles. The van der Waals surface area contributed by atoms with E-state index in [1.165, 1.54) is 24.0 Å². The van der Waals surface area contributed by atoms with Crippen LogP contribution < -0.4 is 0 Å². The Morgan fingerprint density at radius 3 is 2.75 bits per heavy atom. The molecule has 0 fully saturated rings. The molecule has 106 valence electrons. The molecule has 1 aromatic carbocycles. The number of carbonyl (C=O) groups excluding carboxylic acids is 1. The van der Waals surface area contributed by atoms with Crippen molar-refractivity contribution in [1.29, 1.82) is 0 Å². The largest absolute Gasteiger partial charge is 0.465 e. The average molecular weight is 288 g/mol. The minimum Gasteiger partial charge on any atom is -0.465 e. The molecule has 0 unspecified atom stereocenters. The molecule has 2 aromatic rings. The van der Waals surface area contributed by atoms with Crippen LogP contribution in [0.3, 0.4) is 0 Å². The Balaban J connectivity index is 2.46. The summed E-state index contributed by atoms with van der Waals surface area (Å²) in [5, 5.41) is 2.01. The van der Waals surface area contributed by atoms with E-state index in [9.17, 15) is 4.79 Å². The molecule has 0 bridgehead atoms. The van der Waals surface area contributed by atoms with Crippen molar-refractivity contribution in [1.82, 2.24) is 0 Å². The van der Waals surface area contributed by atoms with Gasteiger partial charge in [-0.2, -0.15) is 0 Å². The first-order valence-electron chi connectivity index (χ1n) is 6.78. The molecule has 0 aliphatic rings. The van der Waals surface area contributed by atoms with E-state index in [0.717, 1.165) is 23.1 Å². The number of hydrogen-bond acceptors (Lipinski definition) is 3. The van der Waals surface area contributed by atoms with Gasteiger partial charge in [-0.05, 0) is 41.3 Å². The zero-order valence-corrected chi connectivity index (χ0v) is 13.2. The van der Waals surface area contributed by atoms with Gasteiger partial charge in [0.15, 0.2) is 0 Å². The summed E-state index contributed by atoms with van der Waals surface area (Å²) in [7, 11) is 1.43. The fourth-order valence-electron chi connectivity index (χ4n) is 2.37. The fraction of sp³-hybridized carbons (Fsp3) is 0.353. The minimum absolute atomic E-state index is 0.257. The second kappa shape index (κ2) is 6.23. The van der Waals surface area contributed by atoms with Crippen molar-refractivity contribution in [2.24, 2.45) is 5.92 Å². The number of rotatable bonds is 4. The number of ether oxygens (including phenoxy) is 1. The van der Waals surface area contributed by atoms with Crippen LogP contribution in [0, 0.1) is 12.8 Å². The smallest absolute Gasteiger partial charge is 0.348 e. The van der Waals surface area contributed by atoms with Gasteiger partial charge in [-0.15, -0.1) is 11.3 Å². The van der Waals surface area contributed by atoms with Crippen molar-refractivity contribution in [3.8, 4) is 11.1 Å². The molecular formula is C17H20O2S. The molecule has 0 spiro atoms. The molecule has 0 amide bonds. The Morgan fingerprint density at radius 2 is 2.10 bits per heavy atom. The van der Waals surface area contributed by atoms with Gasteiger partial charge in [-0.3, -0.25) is 0 Å². The van der Waals surface area contributed by atoms with E-state index in [4.69, 9.17) is 4.74 Å². The first-order valence-corrected chi connectivity index (χ1v) is 7.66. The maximum Gasteiger partial charge on any atom is 0.348 e. The highest BCUT2D eigenvalue weighted by atomic mass is 32.1. The van der Waals surface area contributed by atoms with E-state index in [0.29, 0.717) is 10.8 Å². The van der Waals surface area contributed by atoms with Gasteiger partial charge in [0, 0.05) is 5.56 Å². The van der Waals surface area contributed by atoms with Gasteiger partial charge in [-0.25, -0.2) is 4.79 Å². The van der Waals surface area contributed by atoms with Gasteiger partial charge in [0.2, 0.25) is 0 Å². The normalized spacial score (nSPS) is 10.8. The quantitative estimate of drug-likeness (QED) is 0.762. The van der Waals surface area contributed by atoms with E-state index < -0.39 is 0 Å². The predicted octanol–water partition coefficient (Wildman–Crippen LogP) is 4.71. The summed E-state index contributed by atoms with van der Waals surface area (Å²) >= 11 is 1.45. The zero-order valence-electron chi connectivity index (χ0n) is 12.4. The van der Waals surface area contributed by atoms with Gasteiger partial charge >= 0.3 is 5.97 Å². The second-order valence-electron chi connectivity index (χ2n) is 5.41. The first kappa shape index (κ1) is 14.8. The minimum atomic E-state index is -0.257. The lowest BCUT2D eigenvalue weighted by molar-refractivity contribution is 0.0607. The van der Waals surface area contributed by atoms with Crippen molar-refractivity contribution in [3.05, 3.63) is 45.6 Å². The van der Waals surface area contributed by atoms with Crippen LogP contribution in [0.1, 0.15) is 34.6 Å². The molecule has 0 N–H and O–H groups in total. The van der Waals surface area contributed by atoms with Crippen LogP contribution in [0.15, 0.2) is 29.6 Å². The molecule has 1 aromatic heterocycles. The van der Waals surface area contributed by atoms with Crippen LogP contribution in [0.4, 0.5) is 0 Å². The highest BCUT2D eigenvalue weighted by Crippen LogP contribution is 2.33. The molecule has 0 radical (unpaired) electrons. The lowest BCUT2D eigenvalue weighted by atomic mass is 9.96. The third kappa shape index (κ3) is 3.10. The standard InChI is InChI=1S/C17H20O2S/c1-11(2)8-13-6-5-7-14(9-13)15-12(3)10-20-16(15)17(18)19-4/h5-7,9-11H,8H2,1-4H3. The van der Waals surface area contributed by atoms with E-state index in [1.54, 1.807) is 0 Å². The van der Waals surface area contributed by atoms with Crippen LogP contribution in [-0.4, -0.2) is 13.1 Å². The molecule has 0 saturated heterocycles. The van der Waals surface area contributed by atoms with E-state index in [-0.39, 0.29) is 5.97 Å². The molecule has 0 atom stereocenters. The van der Waals surface area contributed by atoms with Gasteiger partial charge < -0.3 is 4.74 Å². The van der Waals surface area contributed by atoms with Crippen molar-refractivity contribution < 1.29 is 9.53 Å². The van der Waals surface area contributed by atoms with Crippen LogP contribution in [0.2, 0.25) is 0 Å².